The molecule has 0 spiro atoms. The van der Waals surface area contributed by atoms with Crippen molar-refractivity contribution in [2.75, 3.05) is 6.61 Å². The van der Waals surface area contributed by atoms with Gasteiger partial charge in [0.25, 0.3) is 0 Å². The fourth-order valence-corrected chi connectivity index (χ4v) is 2.35. The molecule has 0 radical (unpaired) electrons. The molecule has 0 saturated heterocycles. The minimum Gasteiger partial charge on any atom is -0.491 e. The van der Waals surface area contributed by atoms with Gasteiger partial charge >= 0.3 is 5.97 Å². The van der Waals surface area contributed by atoms with Crippen LogP contribution in [0.2, 0.25) is 0 Å². The Kier molecular flexibility index (Phi) is 5.77. The van der Waals surface area contributed by atoms with Gasteiger partial charge < -0.3 is 15.2 Å². The zero-order valence-electron chi connectivity index (χ0n) is 13.8. The van der Waals surface area contributed by atoms with Gasteiger partial charge in [0.1, 0.15) is 12.4 Å². The van der Waals surface area contributed by atoms with E-state index in [1.807, 2.05) is 44.2 Å². The summed E-state index contributed by atoms with van der Waals surface area (Å²) in [5.41, 5.74) is 3.64. The highest BCUT2D eigenvalue weighted by Gasteiger charge is 2.07. The molecule has 2 rings (SSSR count). The molecule has 2 aromatic carbocycles. The molecule has 1 atom stereocenters. The molecule has 2 aromatic rings. The third kappa shape index (κ3) is 4.83. The van der Waals surface area contributed by atoms with Crippen molar-refractivity contribution < 1.29 is 14.6 Å². The molecule has 122 valence electrons. The lowest BCUT2D eigenvalue weighted by molar-refractivity contribution is 0.0697. The molecule has 4 nitrogen and oxygen atoms in total. The predicted octanol–water partition coefficient (Wildman–Crippen LogP) is 3.56. The highest BCUT2D eigenvalue weighted by Crippen LogP contribution is 2.22. The summed E-state index contributed by atoms with van der Waals surface area (Å²) in [7, 11) is 0. The number of rotatable bonds is 7. The fraction of sp³-hybridized carbons (Fsp3) is 0.316. The Hall–Kier alpha value is -2.33. The second-order valence-electron chi connectivity index (χ2n) is 5.82. The summed E-state index contributed by atoms with van der Waals surface area (Å²) in [5, 5.41) is 12.3. The van der Waals surface area contributed by atoms with Crippen LogP contribution in [-0.2, 0) is 6.54 Å². The molecule has 0 aliphatic heterocycles. The van der Waals surface area contributed by atoms with Crippen LogP contribution in [0.1, 0.15) is 34.0 Å². The van der Waals surface area contributed by atoms with E-state index in [9.17, 15) is 4.79 Å². The highest BCUT2D eigenvalue weighted by atomic mass is 16.5. The molecule has 0 aromatic heterocycles. The van der Waals surface area contributed by atoms with Gasteiger partial charge in [-0.1, -0.05) is 30.3 Å². The summed E-state index contributed by atoms with van der Waals surface area (Å²) in [5.74, 6) is 0.0480. The first-order valence-corrected chi connectivity index (χ1v) is 7.72. The SMILES string of the molecule is Cc1cccc(C)c1OCC(C)NCc1ccc(C(=O)O)cc1. The van der Waals surface area contributed by atoms with E-state index in [-0.39, 0.29) is 6.04 Å². The molecule has 4 heteroatoms. The number of hydrogen-bond acceptors (Lipinski definition) is 3. The van der Waals surface area contributed by atoms with Gasteiger partial charge in [0.15, 0.2) is 0 Å². The van der Waals surface area contributed by atoms with Crippen LogP contribution in [0.25, 0.3) is 0 Å². The summed E-state index contributed by atoms with van der Waals surface area (Å²) in [6.07, 6.45) is 0. The molecular formula is C19H23NO3. The minimum atomic E-state index is -0.903. The summed E-state index contributed by atoms with van der Waals surface area (Å²) in [6, 6.07) is 13.2. The fourth-order valence-electron chi connectivity index (χ4n) is 2.35. The summed E-state index contributed by atoms with van der Waals surface area (Å²) in [6.45, 7) is 7.42. The Morgan fingerprint density at radius 3 is 2.30 bits per heavy atom. The van der Waals surface area contributed by atoms with Gasteiger partial charge in [0, 0.05) is 12.6 Å². The van der Waals surface area contributed by atoms with Crippen LogP contribution in [0.5, 0.6) is 5.75 Å². The van der Waals surface area contributed by atoms with Crippen molar-refractivity contribution in [1.29, 1.82) is 0 Å². The van der Waals surface area contributed by atoms with Crippen molar-refractivity contribution in [2.24, 2.45) is 0 Å². The summed E-state index contributed by atoms with van der Waals surface area (Å²) >= 11 is 0. The standard InChI is InChI=1S/C19H23NO3/c1-13-5-4-6-14(2)18(13)23-12-15(3)20-11-16-7-9-17(10-8-16)19(21)22/h4-10,15,20H,11-12H2,1-3H3,(H,21,22). The van der Waals surface area contributed by atoms with E-state index in [4.69, 9.17) is 9.84 Å². The monoisotopic (exact) mass is 313 g/mol. The van der Waals surface area contributed by atoms with Crippen LogP contribution in [0.15, 0.2) is 42.5 Å². The van der Waals surface area contributed by atoms with Crippen molar-refractivity contribution >= 4 is 5.97 Å². The quantitative estimate of drug-likeness (QED) is 0.820. The van der Waals surface area contributed by atoms with Gasteiger partial charge in [-0.15, -0.1) is 0 Å². The molecule has 0 saturated carbocycles. The Morgan fingerprint density at radius 1 is 1.13 bits per heavy atom. The van der Waals surface area contributed by atoms with Gasteiger partial charge in [-0.05, 0) is 49.6 Å². The van der Waals surface area contributed by atoms with Gasteiger partial charge in [-0.25, -0.2) is 4.79 Å². The Balaban J connectivity index is 1.83. The topological polar surface area (TPSA) is 58.6 Å². The number of carboxylic acid groups (broad SMARTS) is 1. The van der Waals surface area contributed by atoms with E-state index in [0.717, 1.165) is 22.4 Å². The predicted molar refractivity (Wildman–Crippen MR) is 91.1 cm³/mol. The summed E-state index contributed by atoms with van der Waals surface area (Å²) in [4.78, 5) is 10.8. The second kappa shape index (κ2) is 7.79. The van der Waals surface area contributed by atoms with E-state index in [1.54, 1.807) is 12.1 Å². The second-order valence-corrected chi connectivity index (χ2v) is 5.82. The van der Waals surface area contributed by atoms with E-state index < -0.39 is 5.97 Å². The maximum Gasteiger partial charge on any atom is 0.335 e. The van der Waals surface area contributed by atoms with Crippen molar-refractivity contribution in [3.05, 3.63) is 64.7 Å². The maximum atomic E-state index is 10.8. The van der Waals surface area contributed by atoms with Gasteiger partial charge in [0.2, 0.25) is 0 Å². The van der Waals surface area contributed by atoms with Crippen molar-refractivity contribution in [3.63, 3.8) is 0 Å². The number of aromatic carboxylic acids is 1. The largest absolute Gasteiger partial charge is 0.491 e. The van der Waals surface area contributed by atoms with Gasteiger partial charge in [-0.3, -0.25) is 0 Å². The molecule has 0 amide bonds. The zero-order chi connectivity index (χ0) is 16.8. The third-order valence-electron chi connectivity index (χ3n) is 3.74. The normalized spacial score (nSPS) is 12.0. The number of carbonyl (C=O) groups is 1. The lowest BCUT2D eigenvalue weighted by Crippen LogP contribution is -2.31. The third-order valence-corrected chi connectivity index (χ3v) is 3.74. The van der Waals surface area contributed by atoms with Crippen LogP contribution in [-0.4, -0.2) is 23.7 Å². The number of nitrogens with one attached hydrogen (secondary N) is 1. The molecular weight excluding hydrogens is 290 g/mol. The van der Waals surface area contributed by atoms with Crippen LogP contribution < -0.4 is 10.1 Å². The Bertz CT molecular complexity index is 645. The molecule has 0 fully saturated rings. The average Bonchev–Trinajstić information content (AvgIpc) is 2.53. The number of para-hydroxylation sites is 1. The highest BCUT2D eigenvalue weighted by molar-refractivity contribution is 5.87. The number of aryl methyl sites for hydroxylation is 2. The number of carboxylic acids is 1. The summed E-state index contributed by atoms with van der Waals surface area (Å²) < 4.78 is 5.93. The lowest BCUT2D eigenvalue weighted by Gasteiger charge is -2.17. The van der Waals surface area contributed by atoms with E-state index in [0.29, 0.717) is 18.7 Å². The van der Waals surface area contributed by atoms with E-state index in [1.165, 1.54) is 0 Å². The minimum absolute atomic E-state index is 0.188. The number of ether oxygens (including phenoxy) is 1. The van der Waals surface area contributed by atoms with Gasteiger partial charge in [-0.2, -0.15) is 0 Å². The first-order chi connectivity index (χ1) is 11.0. The first kappa shape index (κ1) is 17.0. The molecule has 23 heavy (non-hydrogen) atoms. The molecule has 2 N–H and O–H groups in total. The maximum absolute atomic E-state index is 10.8. The lowest BCUT2D eigenvalue weighted by atomic mass is 10.1. The van der Waals surface area contributed by atoms with Gasteiger partial charge in [0.05, 0.1) is 5.56 Å². The van der Waals surface area contributed by atoms with Crippen LogP contribution >= 0.6 is 0 Å². The van der Waals surface area contributed by atoms with Crippen LogP contribution in [0.3, 0.4) is 0 Å². The Morgan fingerprint density at radius 2 is 1.74 bits per heavy atom. The molecule has 1 unspecified atom stereocenters. The molecule has 0 aliphatic rings. The zero-order valence-corrected chi connectivity index (χ0v) is 13.8. The average molecular weight is 313 g/mol. The van der Waals surface area contributed by atoms with E-state index >= 15 is 0 Å². The molecule has 0 heterocycles. The van der Waals surface area contributed by atoms with Crippen molar-refractivity contribution in [1.82, 2.24) is 5.32 Å². The number of benzene rings is 2. The smallest absolute Gasteiger partial charge is 0.335 e. The van der Waals surface area contributed by atoms with Crippen LogP contribution in [0, 0.1) is 13.8 Å². The van der Waals surface area contributed by atoms with E-state index in [2.05, 4.69) is 12.2 Å². The number of hydrogen-bond donors (Lipinski definition) is 2. The molecule has 0 aliphatic carbocycles. The van der Waals surface area contributed by atoms with Crippen molar-refractivity contribution in [3.8, 4) is 5.75 Å². The first-order valence-electron chi connectivity index (χ1n) is 7.72. The molecule has 0 bridgehead atoms. The van der Waals surface area contributed by atoms with Crippen LogP contribution in [0.4, 0.5) is 0 Å². The Labute approximate surface area is 137 Å². The van der Waals surface area contributed by atoms with Crippen molar-refractivity contribution in [2.45, 2.75) is 33.4 Å².